The molecule has 11 heavy (non-hydrogen) atoms. The molecule has 1 aliphatic rings. The van der Waals surface area contributed by atoms with Crippen LogP contribution in [-0.2, 0) is 4.75 Å². The van der Waals surface area contributed by atoms with E-state index in [1.807, 2.05) is 12.1 Å². The van der Waals surface area contributed by atoms with Crippen LogP contribution >= 0.6 is 12.0 Å². The first-order chi connectivity index (χ1) is 5.20. The summed E-state index contributed by atoms with van der Waals surface area (Å²) in [6.45, 7) is 4.34. The molecule has 0 radical (unpaired) electrons. The van der Waals surface area contributed by atoms with Gasteiger partial charge in [-0.15, -0.1) is 0 Å². The number of rotatable bonds is 0. The molecule has 1 aliphatic heterocycles. The number of benzene rings is 1. The van der Waals surface area contributed by atoms with Crippen molar-refractivity contribution >= 4 is 12.0 Å². The predicted octanol–water partition coefficient (Wildman–Crippen LogP) is 2.96. The molecule has 0 unspecified atom stereocenters. The number of para-hydroxylation sites is 1. The minimum absolute atomic E-state index is 0.122. The van der Waals surface area contributed by atoms with Crippen LogP contribution in [0.1, 0.15) is 19.4 Å². The summed E-state index contributed by atoms with van der Waals surface area (Å²) in [6, 6.07) is 8.18. The van der Waals surface area contributed by atoms with E-state index in [0.717, 1.165) is 5.75 Å². The van der Waals surface area contributed by atoms with E-state index in [4.69, 9.17) is 4.18 Å². The van der Waals surface area contributed by atoms with E-state index in [0.29, 0.717) is 0 Å². The molecule has 0 saturated carbocycles. The van der Waals surface area contributed by atoms with Crippen molar-refractivity contribution in [2.75, 3.05) is 0 Å². The van der Waals surface area contributed by atoms with Crippen molar-refractivity contribution in [3.63, 3.8) is 0 Å². The van der Waals surface area contributed by atoms with Gasteiger partial charge in [0.2, 0.25) is 0 Å². The zero-order valence-corrected chi connectivity index (χ0v) is 7.44. The quantitative estimate of drug-likeness (QED) is 0.548. The zero-order chi connectivity index (χ0) is 7.90. The third kappa shape index (κ3) is 1.02. The van der Waals surface area contributed by atoms with Gasteiger partial charge in [0, 0.05) is 5.56 Å². The first-order valence-corrected chi connectivity index (χ1v) is 4.39. The molecule has 0 fully saturated rings. The third-order valence-electron chi connectivity index (χ3n) is 1.88. The topological polar surface area (TPSA) is 9.23 Å². The summed E-state index contributed by atoms with van der Waals surface area (Å²) in [5.41, 5.74) is 1.30. The molecule has 0 atom stereocenters. The Bertz CT molecular complexity index is 281. The molecule has 0 spiro atoms. The molecule has 0 amide bonds. The smallest absolute Gasteiger partial charge is 0.142 e. The molecular formula is C9H10OS. The fourth-order valence-corrected chi connectivity index (χ4v) is 1.93. The Labute approximate surface area is 71.0 Å². The maximum atomic E-state index is 5.43. The Hall–Kier alpha value is -0.630. The molecule has 0 N–H and O–H groups in total. The lowest BCUT2D eigenvalue weighted by atomic mass is 10.0. The van der Waals surface area contributed by atoms with Crippen LogP contribution in [0.25, 0.3) is 0 Å². The van der Waals surface area contributed by atoms with Crippen molar-refractivity contribution in [3.8, 4) is 5.75 Å². The highest BCUT2D eigenvalue weighted by Crippen LogP contribution is 2.47. The van der Waals surface area contributed by atoms with Gasteiger partial charge in [0.25, 0.3) is 0 Å². The van der Waals surface area contributed by atoms with Crippen LogP contribution in [0.5, 0.6) is 5.75 Å². The van der Waals surface area contributed by atoms with Crippen molar-refractivity contribution in [1.29, 1.82) is 0 Å². The molecule has 1 nitrogen and oxygen atoms in total. The van der Waals surface area contributed by atoms with E-state index in [-0.39, 0.29) is 4.75 Å². The van der Waals surface area contributed by atoms with Gasteiger partial charge in [0.05, 0.1) is 16.8 Å². The second-order valence-corrected chi connectivity index (χ2v) is 4.53. The molecule has 1 aromatic rings. The van der Waals surface area contributed by atoms with E-state index in [9.17, 15) is 0 Å². The highest BCUT2D eigenvalue weighted by atomic mass is 32.2. The molecule has 1 heterocycles. The Morgan fingerprint density at radius 3 is 2.73 bits per heavy atom. The van der Waals surface area contributed by atoms with Gasteiger partial charge in [0.15, 0.2) is 0 Å². The average molecular weight is 166 g/mol. The number of fused-ring (bicyclic) bond motifs is 1. The summed E-state index contributed by atoms with van der Waals surface area (Å²) in [5.74, 6) is 1.02. The van der Waals surface area contributed by atoms with Gasteiger partial charge in [-0.1, -0.05) is 18.2 Å². The largest absolute Gasteiger partial charge is 0.425 e. The normalized spacial score (nSPS) is 19.1. The molecule has 2 rings (SSSR count). The van der Waals surface area contributed by atoms with Gasteiger partial charge >= 0.3 is 0 Å². The van der Waals surface area contributed by atoms with Crippen LogP contribution < -0.4 is 4.18 Å². The second kappa shape index (κ2) is 2.18. The van der Waals surface area contributed by atoms with Crippen LogP contribution in [0.2, 0.25) is 0 Å². The minimum atomic E-state index is 0.122. The molecule has 58 valence electrons. The van der Waals surface area contributed by atoms with Crippen LogP contribution in [0.3, 0.4) is 0 Å². The fourth-order valence-electron chi connectivity index (χ4n) is 1.23. The van der Waals surface area contributed by atoms with E-state index in [2.05, 4.69) is 26.0 Å². The highest BCUT2D eigenvalue weighted by molar-refractivity contribution is 7.96. The standard InChI is InChI=1S/C9H10OS/c1-9(2)7-5-3-4-6-8(7)10-11-9/h3-6H,1-2H3. The van der Waals surface area contributed by atoms with Crippen LogP contribution in [-0.4, -0.2) is 0 Å². The summed E-state index contributed by atoms with van der Waals surface area (Å²) in [6.07, 6.45) is 0. The second-order valence-electron chi connectivity index (χ2n) is 3.17. The summed E-state index contributed by atoms with van der Waals surface area (Å²) < 4.78 is 5.55. The molecule has 0 saturated heterocycles. The van der Waals surface area contributed by atoms with E-state index < -0.39 is 0 Å². The van der Waals surface area contributed by atoms with Gasteiger partial charge in [0.1, 0.15) is 5.75 Å². The van der Waals surface area contributed by atoms with Crippen LogP contribution in [0.4, 0.5) is 0 Å². The average Bonchev–Trinajstić information content (AvgIpc) is 2.29. The molecule has 0 bridgehead atoms. The van der Waals surface area contributed by atoms with Crippen LogP contribution in [0.15, 0.2) is 24.3 Å². The fraction of sp³-hybridized carbons (Fsp3) is 0.333. The van der Waals surface area contributed by atoms with E-state index in [1.165, 1.54) is 17.6 Å². The Morgan fingerprint density at radius 2 is 2.00 bits per heavy atom. The lowest BCUT2D eigenvalue weighted by molar-refractivity contribution is 0.659. The van der Waals surface area contributed by atoms with Crippen molar-refractivity contribution in [2.24, 2.45) is 0 Å². The highest BCUT2D eigenvalue weighted by Gasteiger charge is 2.32. The molecule has 0 aromatic heterocycles. The van der Waals surface area contributed by atoms with E-state index >= 15 is 0 Å². The maximum Gasteiger partial charge on any atom is 0.142 e. The first kappa shape index (κ1) is 7.04. The maximum absolute atomic E-state index is 5.43. The SMILES string of the molecule is CC1(C)SOc2ccccc21. The van der Waals surface area contributed by atoms with Gasteiger partial charge in [-0.05, 0) is 19.9 Å². The summed E-state index contributed by atoms with van der Waals surface area (Å²) in [7, 11) is 0. The van der Waals surface area contributed by atoms with Gasteiger partial charge in [-0.2, -0.15) is 0 Å². The van der Waals surface area contributed by atoms with Crippen LogP contribution in [0, 0.1) is 0 Å². The van der Waals surface area contributed by atoms with Crippen molar-refractivity contribution in [2.45, 2.75) is 18.6 Å². The van der Waals surface area contributed by atoms with Crippen molar-refractivity contribution < 1.29 is 4.18 Å². The molecule has 0 aliphatic carbocycles. The zero-order valence-electron chi connectivity index (χ0n) is 6.63. The molecular weight excluding hydrogens is 156 g/mol. The summed E-state index contributed by atoms with van der Waals surface area (Å²) >= 11 is 1.53. The van der Waals surface area contributed by atoms with E-state index in [1.54, 1.807) is 0 Å². The third-order valence-corrected chi connectivity index (χ3v) is 2.77. The summed E-state index contributed by atoms with van der Waals surface area (Å²) in [4.78, 5) is 0. The summed E-state index contributed by atoms with van der Waals surface area (Å²) in [5, 5.41) is 0. The van der Waals surface area contributed by atoms with Gasteiger partial charge < -0.3 is 4.18 Å². The number of hydrogen-bond donors (Lipinski definition) is 0. The Kier molecular flexibility index (Phi) is 1.39. The lowest BCUT2D eigenvalue weighted by Gasteiger charge is -2.12. The monoisotopic (exact) mass is 166 g/mol. The Balaban J connectivity index is 2.56. The minimum Gasteiger partial charge on any atom is -0.425 e. The van der Waals surface area contributed by atoms with Gasteiger partial charge in [-0.25, -0.2) is 0 Å². The first-order valence-electron chi connectivity index (χ1n) is 3.65. The Morgan fingerprint density at radius 1 is 1.27 bits per heavy atom. The lowest BCUT2D eigenvalue weighted by Crippen LogP contribution is -2.05. The predicted molar refractivity (Wildman–Crippen MR) is 47.7 cm³/mol. The molecule has 2 heteroatoms. The van der Waals surface area contributed by atoms with Crippen molar-refractivity contribution in [1.82, 2.24) is 0 Å². The van der Waals surface area contributed by atoms with Crippen molar-refractivity contribution in [3.05, 3.63) is 29.8 Å². The molecule has 1 aromatic carbocycles. The van der Waals surface area contributed by atoms with Gasteiger partial charge in [-0.3, -0.25) is 0 Å². The number of hydrogen-bond acceptors (Lipinski definition) is 2.